The van der Waals surface area contributed by atoms with E-state index in [0.29, 0.717) is 38.4 Å². The van der Waals surface area contributed by atoms with E-state index in [1.165, 1.54) is 6.07 Å². The highest BCUT2D eigenvalue weighted by atomic mass is 19.1. The van der Waals surface area contributed by atoms with Crippen molar-refractivity contribution in [2.75, 3.05) is 31.1 Å². The van der Waals surface area contributed by atoms with E-state index in [0.717, 1.165) is 28.2 Å². The summed E-state index contributed by atoms with van der Waals surface area (Å²) in [5, 5.41) is 0. The highest BCUT2D eigenvalue weighted by Crippen LogP contribution is 2.25. The number of rotatable bonds is 5. The molecule has 0 saturated carbocycles. The summed E-state index contributed by atoms with van der Waals surface area (Å²) in [5.74, 6) is 1.37. The van der Waals surface area contributed by atoms with E-state index in [2.05, 4.69) is 9.88 Å². The number of hydrogen-bond donors (Lipinski definition) is 0. The summed E-state index contributed by atoms with van der Waals surface area (Å²) in [5.41, 5.74) is 3.81. The van der Waals surface area contributed by atoms with Crippen LogP contribution in [0.15, 0.2) is 60.7 Å². The topological polar surface area (TPSA) is 49.3 Å². The van der Waals surface area contributed by atoms with Gasteiger partial charge in [0, 0.05) is 49.9 Å². The minimum atomic E-state index is -0.245. The van der Waals surface area contributed by atoms with Crippen molar-refractivity contribution < 1.29 is 9.18 Å². The SMILES string of the molecule is Cc1nc(C)c(Cc2cccc(F)c2)c(N2CCN(C(=O)/C=C/c3ccccc3)CC2)n1. The van der Waals surface area contributed by atoms with Crippen LogP contribution < -0.4 is 4.90 Å². The van der Waals surface area contributed by atoms with Crippen LogP contribution in [0.2, 0.25) is 0 Å². The molecule has 164 valence electrons. The second kappa shape index (κ2) is 9.73. The Balaban J connectivity index is 1.47. The maximum atomic E-state index is 13.7. The van der Waals surface area contributed by atoms with Crippen LogP contribution in [-0.4, -0.2) is 47.0 Å². The van der Waals surface area contributed by atoms with Crippen molar-refractivity contribution in [3.63, 3.8) is 0 Å². The monoisotopic (exact) mass is 430 g/mol. The molecule has 0 aliphatic carbocycles. The molecule has 1 aliphatic heterocycles. The van der Waals surface area contributed by atoms with Crippen LogP contribution in [0.4, 0.5) is 10.2 Å². The predicted octanol–water partition coefficient (Wildman–Crippen LogP) is 4.19. The van der Waals surface area contributed by atoms with E-state index in [-0.39, 0.29) is 11.7 Å². The van der Waals surface area contributed by atoms with Crippen molar-refractivity contribution in [3.05, 3.63) is 94.7 Å². The molecule has 1 aliphatic rings. The van der Waals surface area contributed by atoms with Crippen LogP contribution >= 0.6 is 0 Å². The van der Waals surface area contributed by atoms with Gasteiger partial charge in [-0.1, -0.05) is 42.5 Å². The predicted molar refractivity (Wildman–Crippen MR) is 125 cm³/mol. The van der Waals surface area contributed by atoms with Gasteiger partial charge in [0.1, 0.15) is 17.5 Å². The summed E-state index contributed by atoms with van der Waals surface area (Å²) in [6, 6.07) is 16.5. The van der Waals surface area contributed by atoms with Gasteiger partial charge in [0.05, 0.1) is 0 Å². The van der Waals surface area contributed by atoms with Crippen LogP contribution in [-0.2, 0) is 11.2 Å². The molecule has 1 amide bonds. The lowest BCUT2D eigenvalue weighted by Crippen LogP contribution is -2.49. The molecule has 0 unspecified atom stereocenters. The summed E-state index contributed by atoms with van der Waals surface area (Å²) in [6.07, 6.45) is 4.06. The van der Waals surface area contributed by atoms with Gasteiger partial charge in [0.15, 0.2) is 0 Å². The number of carbonyl (C=O) groups is 1. The van der Waals surface area contributed by atoms with Crippen molar-refractivity contribution in [1.82, 2.24) is 14.9 Å². The number of halogens is 1. The Labute approximate surface area is 188 Å². The van der Waals surface area contributed by atoms with E-state index >= 15 is 0 Å². The zero-order valence-electron chi connectivity index (χ0n) is 18.5. The van der Waals surface area contributed by atoms with Crippen molar-refractivity contribution in [2.45, 2.75) is 20.3 Å². The third kappa shape index (κ3) is 5.19. The number of aromatic nitrogens is 2. The molecule has 32 heavy (non-hydrogen) atoms. The van der Waals surface area contributed by atoms with Crippen LogP contribution in [0.5, 0.6) is 0 Å². The summed E-state index contributed by atoms with van der Waals surface area (Å²) in [4.78, 5) is 26.0. The number of hydrogen-bond acceptors (Lipinski definition) is 4. The average molecular weight is 431 g/mol. The van der Waals surface area contributed by atoms with E-state index < -0.39 is 0 Å². The summed E-state index contributed by atoms with van der Waals surface area (Å²) in [6.45, 7) is 6.49. The van der Waals surface area contributed by atoms with Crippen molar-refractivity contribution in [1.29, 1.82) is 0 Å². The Bertz CT molecular complexity index is 1120. The molecular weight excluding hydrogens is 403 g/mol. The maximum absolute atomic E-state index is 13.7. The Morgan fingerprint density at radius 3 is 2.47 bits per heavy atom. The molecule has 5 nitrogen and oxygen atoms in total. The first-order valence-corrected chi connectivity index (χ1v) is 10.8. The van der Waals surface area contributed by atoms with E-state index in [1.54, 1.807) is 18.2 Å². The third-order valence-corrected chi connectivity index (χ3v) is 5.68. The van der Waals surface area contributed by atoms with Crippen molar-refractivity contribution in [2.24, 2.45) is 0 Å². The first-order chi connectivity index (χ1) is 15.5. The van der Waals surface area contributed by atoms with Gasteiger partial charge in [-0.15, -0.1) is 0 Å². The normalized spacial score (nSPS) is 14.2. The molecule has 2 heterocycles. The Morgan fingerprint density at radius 1 is 1.00 bits per heavy atom. The number of aryl methyl sites for hydroxylation is 2. The third-order valence-electron chi connectivity index (χ3n) is 5.68. The van der Waals surface area contributed by atoms with E-state index in [1.807, 2.05) is 61.2 Å². The van der Waals surface area contributed by atoms with Crippen molar-refractivity contribution >= 4 is 17.8 Å². The van der Waals surface area contributed by atoms with Gasteiger partial charge < -0.3 is 9.80 Å². The summed E-state index contributed by atoms with van der Waals surface area (Å²) in [7, 11) is 0. The van der Waals surface area contributed by atoms with Gasteiger partial charge in [-0.3, -0.25) is 4.79 Å². The number of carbonyl (C=O) groups excluding carboxylic acids is 1. The van der Waals surface area contributed by atoms with Crippen LogP contribution in [0, 0.1) is 19.7 Å². The first kappa shape index (κ1) is 21.7. The minimum absolute atomic E-state index is 0.0172. The fourth-order valence-corrected chi connectivity index (χ4v) is 4.01. The molecule has 3 aromatic rings. The lowest BCUT2D eigenvalue weighted by molar-refractivity contribution is -0.126. The number of nitrogens with zero attached hydrogens (tertiary/aromatic N) is 4. The smallest absolute Gasteiger partial charge is 0.246 e. The molecule has 0 radical (unpaired) electrons. The minimum Gasteiger partial charge on any atom is -0.353 e. The van der Waals surface area contributed by atoms with Crippen LogP contribution in [0.25, 0.3) is 6.08 Å². The lowest BCUT2D eigenvalue weighted by Gasteiger charge is -2.36. The first-order valence-electron chi connectivity index (χ1n) is 10.8. The molecule has 0 atom stereocenters. The average Bonchev–Trinajstić information content (AvgIpc) is 2.80. The summed E-state index contributed by atoms with van der Waals surface area (Å²) >= 11 is 0. The Kier molecular flexibility index (Phi) is 6.59. The van der Waals surface area contributed by atoms with Gasteiger partial charge in [-0.2, -0.15) is 0 Å². The van der Waals surface area contributed by atoms with Gasteiger partial charge in [-0.25, -0.2) is 14.4 Å². The number of piperazine rings is 1. The molecule has 0 N–H and O–H groups in total. The van der Waals surface area contributed by atoms with Crippen molar-refractivity contribution in [3.8, 4) is 0 Å². The maximum Gasteiger partial charge on any atom is 0.246 e. The van der Waals surface area contributed by atoms with E-state index in [9.17, 15) is 9.18 Å². The number of anilines is 1. The molecule has 1 fully saturated rings. The Morgan fingerprint density at radius 2 is 1.75 bits per heavy atom. The quantitative estimate of drug-likeness (QED) is 0.570. The second-order valence-electron chi connectivity index (χ2n) is 8.02. The molecule has 2 aromatic carbocycles. The lowest BCUT2D eigenvalue weighted by atomic mass is 10.0. The van der Waals surface area contributed by atoms with E-state index in [4.69, 9.17) is 4.98 Å². The standard InChI is InChI=1S/C26H27FN4O/c1-19-24(18-22-9-6-10-23(27)17-22)26(29-20(2)28-19)31-15-13-30(14-16-31)25(32)12-11-21-7-4-3-5-8-21/h3-12,17H,13-16,18H2,1-2H3/b12-11+. The van der Waals surface area contributed by atoms with Gasteiger partial charge in [0.2, 0.25) is 5.91 Å². The summed E-state index contributed by atoms with van der Waals surface area (Å²) < 4.78 is 13.7. The fraction of sp³-hybridized carbons (Fsp3) is 0.269. The molecular formula is C26H27FN4O. The molecule has 1 aromatic heterocycles. The zero-order chi connectivity index (χ0) is 22.5. The number of benzene rings is 2. The van der Waals surface area contributed by atoms with Crippen LogP contribution in [0.3, 0.4) is 0 Å². The zero-order valence-corrected chi connectivity index (χ0v) is 18.5. The number of amides is 1. The van der Waals surface area contributed by atoms with Crippen LogP contribution in [0.1, 0.15) is 28.2 Å². The molecule has 4 rings (SSSR count). The largest absolute Gasteiger partial charge is 0.353 e. The molecule has 0 bridgehead atoms. The van der Waals surface area contributed by atoms with Gasteiger partial charge >= 0.3 is 0 Å². The molecule has 0 spiro atoms. The highest BCUT2D eigenvalue weighted by molar-refractivity contribution is 5.92. The highest BCUT2D eigenvalue weighted by Gasteiger charge is 2.24. The second-order valence-corrected chi connectivity index (χ2v) is 8.02. The van der Waals surface area contributed by atoms with Gasteiger partial charge in [-0.05, 0) is 43.2 Å². The Hall–Kier alpha value is -3.54. The molecule has 1 saturated heterocycles. The molecule has 6 heteroatoms. The van der Waals surface area contributed by atoms with Gasteiger partial charge in [0.25, 0.3) is 0 Å². The fourth-order valence-electron chi connectivity index (χ4n) is 4.01.